The van der Waals surface area contributed by atoms with E-state index in [1.807, 2.05) is 23.1 Å². The molecule has 1 aliphatic carbocycles. The summed E-state index contributed by atoms with van der Waals surface area (Å²) in [5.41, 5.74) is 1.47. The highest BCUT2D eigenvalue weighted by atomic mass is 16.2. The standard InChI is InChI=1S/C23H25N5O3/c29-21(11-14-27-15-24-20-4-2-1-3-18(20)23(27)31)26-12-9-17(10-13-26)28-22(30)8-7-19(25-28)16-5-6-16/h1-4,7-8,15-17H,5-6,9-14H2. The van der Waals surface area contributed by atoms with Crippen molar-refractivity contribution in [3.63, 3.8) is 0 Å². The van der Waals surface area contributed by atoms with Crippen LogP contribution < -0.4 is 11.1 Å². The largest absolute Gasteiger partial charge is 0.342 e. The van der Waals surface area contributed by atoms with Crippen LogP contribution >= 0.6 is 0 Å². The number of amides is 1. The second-order valence-corrected chi connectivity index (χ2v) is 8.44. The highest BCUT2D eigenvalue weighted by Gasteiger charge is 2.28. The molecule has 1 aromatic carbocycles. The number of fused-ring (bicyclic) bond motifs is 1. The summed E-state index contributed by atoms with van der Waals surface area (Å²) in [5, 5.41) is 5.15. The number of piperidine rings is 1. The fraction of sp³-hybridized carbons (Fsp3) is 0.435. The van der Waals surface area contributed by atoms with E-state index < -0.39 is 0 Å². The van der Waals surface area contributed by atoms with Crippen LogP contribution in [0.3, 0.4) is 0 Å². The first kappa shape index (κ1) is 19.7. The topological polar surface area (TPSA) is 90.1 Å². The van der Waals surface area contributed by atoms with E-state index in [4.69, 9.17) is 0 Å². The minimum absolute atomic E-state index is 0.0190. The van der Waals surface area contributed by atoms with E-state index in [2.05, 4.69) is 10.1 Å². The second kappa shape index (κ2) is 8.09. The van der Waals surface area contributed by atoms with Gasteiger partial charge in [0.1, 0.15) is 0 Å². The number of aromatic nitrogens is 4. The lowest BCUT2D eigenvalue weighted by molar-refractivity contribution is -0.132. The minimum Gasteiger partial charge on any atom is -0.342 e. The molecule has 2 aliphatic rings. The smallest absolute Gasteiger partial charge is 0.267 e. The first-order valence-corrected chi connectivity index (χ1v) is 10.9. The number of aryl methyl sites for hydroxylation is 1. The molecule has 0 atom stereocenters. The Bertz CT molecular complexity index is 1240. The number of para-hydroxylation sites is 1. The van der Waals surface area contributed by atoms with Gasteiger partial charge in [-0.25, -0.2) is 9.67 Å². The molecule has 31 heavy (non-hydrogen) atoms. The number of carbonyl (C=O) groups is 1. The molecule has 2 fully saturated rings. The van der Waals surface area contributed by atoms with Crippen molar-refractivity contribution in [2.75, 3.05) is 13.1 Å². The van der Waals surface area contributed by atoms with E-state index in [9.17, 15) is 14.4 Å². The normalized spacial score (nSPS) is 17.2. The van der Waals surface area contributed by atoms with Crippen molar-refractivity contribution in [1.29, 1.82) is 0 Å². The van der Waals surface area contributed by atoms with Crippen LogP contribution in [0.2, 0.25) is 0 Å². The summed E-state index contributed by atoms with van der Waals surface area (Å²) in [5.74, 6) is 0.520. The van der Waals surface area contributed by atoms with Gasteiger partial charge < -0.3 is 4.90 Å². The van der Waals surface area contributed by atoms with Crippen LogP contribution in [0.4, 0.5) is 0 Å². The number of likely N-dealkylation sites (tertiary alicyclic amines) is 1. The van der Waals surface area contributed by atoms with Gasteiger partial charge >= 0.3 is 0 Å². The van der Waals surface area contributed by atoms with Crippen molar-refractivity contribution >= 4 is 16.8 Å². The molecule has 1 amide bonds. The molecule has 1 aliphatic heterocycles. The fourth-order valence-corrected chi connectivity index (χ4v) is 4.30. The van der Waals surface area contributed by atoms with E-state index in [0.717, 1.165) is 18.5 Å². The molecule has 0 N–H and O–H groups in total. The average molecular weight is 419 g/mol. The number of carbonyl (C=O) groups excluding carboxylic acids is 1. The lowest BCUT2D eigenvalue weighted by Gasteiger charge is -2.32. The minimum atomic E-state index is -0.127. The Hall–Kier alpha value is -3.29. The van der Waals surface area contributed by atoms with E-state index >= 15 is 0 Å². The van der Waals surface area contributed by atoms with Crippen molar-refractivity contribution < 1.29 is 4.79 Å². The molecule has 0 unspecified atom stereocenters. The van der Waals surface area contributed by atoms with Gasteiger partial charge in [0, 0.05) is 38.0 Å². The summed E-state index contributed by atoms with van der Waals surface area (Å²) in [6.07, 6.45) is 5.48. The Balaban J connectivity index is 1.20. The number of hydrogen-bond donors (Lipinski definition) is 0. The molecule has 8 heteroatoms. The van der Waals surface area contributed by atoms with Gasteiger partial charge in [-0.05, 0) is 43.9 Å². The van der Waals surface area contributed by atoms with Gasteiger partial charge in [-0.1, -0.05) is 12.1 Å². The Morgan fingerprint density at radius 3 is 2.55 bits per heavy atom. The maximum absolute atomic E-state index is 12.7. The van der Waals surface area contributed by atoms with Crippen molar-refractivity contribution in [3.05, 3.63) is 69.1 Å². The van der Waals surface area contributed by atoms with Crippen LogP contribution in [-0.2, 0) is 11.3 Å². The van der Waals surface area contributed by atoms with Crippen LogP contribution in [0.1, 0.15) is 49.8 Å². The van der Waals surface area contributed by atoms with Crippen molar-refractivity contribution in [2.45, 2.75) is 50.6 Å². The van der Waals surface area contributed by atoms with Crippen LogP contribution in [0, 0.1) is 0 Å². The Labute approximate surface area is 179 Å². The lowest BCUT2D eigenvalue weighted by Crippen LogP contribution is -2.42. The third kappa shape index (κ3) is 4.02. The molecule has 160 valence electrons. The molecule has 3 aromatic rings. The van der Waals surface area contributed by atoms with Gasteiger partial charge in [0.15, 0.2) is 0 Å². The maximum Gasteiger partial charge on any atom is 0.267 e. The van der Waals surface area contributed by atoms with Crippen molar-refractivity contribution in [3.8, 4) is 0 Å². The van der Waals surface area contributed by atoms with Gasteiger partial charge in [-0.2, -0.15) is 5.10 Å². The summed E-state index contributed by atoms with van der Waals surface area (Å²) in [6.45, 7) is 1.49. The first-order valence-electron chi connectivity index (χ1n) is 10.9. The van der Waals surface area contributed by atoms with E-state index in [0.29, 0.717) is 49.3 Å². The number of nitrogens with zero attached hydrogens (tertiary/aromatic N) is 5. The van der Waals surface area contributed by atoms with Gasteiger partial charge in [0.05, 0.1) is 29.0 Å². The van der Waals surface area contributed by atoms with Gasteiger partial charge in [0.2, 0.25) is 5.91 Å². The van der Waals surface area contributed by atoms with Crippen LogP contribution in [0.25, 0.3) is 10.9 Å². The zero-order valence-corrected chi connectivity index (χ0v) is 17.3. The Morgan fingerprint density at radius 1 is 1.00 bits per heavy atom. The monoisotopic (exact) mass is 419 g/mol. The van der Waals surface area contributed by atoms with Gasteiger partial charge in [0.25, 0.3) is 11.1 Å². The molecule has 1 saturated carbocycles. The number of benzene rings is 1. The van der Waals surface area contributed by atoms with Crippen LogP contribution in [-0.4, -0.2) is 43.2 Å². The molecule has 0 spiro atoms. The summed E-state index contributed by atoms with van der Waals surface area (Å²) in [6, 6.07) is 10.7. The molecule has 2 aromatic heterocycles. The van der Waals surface area contributed by atoms with Gasteiger partial charge in [-0.15, -0.1) is 0 Å². The molecule has 0 radical (unpaired) electrons. The maximum atomic E-state index is 12.7. The summed E-state index contributed by atoms with van der Waals surface area (Å²) < 4.78 is 3.12. The molecule has 5 rings (SSSR count). The molecular weight excluding hydrogens is 394 g/mol. The predicted octanol–water partition coefficient (Wildman–Crippen LogP) is 2.08. The summed E-state index contributed by atoms with van der Waals surface area (Å²) in [4.78, 5) is 43.7. The highest BCUT2D eigenvalue weighted by molar-refractivity contribution is 5.77. The molecule has 1 saturated heterocycles. The summed E-state index contributed by atoms with van der Waals surface area (Å²) in [7, 11) is 0. The van der Waals surface area contributed by atoms with Gasteiger partial charge in [-0.3, -0.25) is 19.0 Å². The third-order valence-electron chi connectivity index (χ3n) is 6.30. The zero-order valence-electron chi connectivity index (χ0n) is 17.3. The Kier molecular flexibility index (Phi) is 5.13. The zero-order chi connectivity index (χ0) is 21.4. The first-order chi connectivity index (χ1) is 15.1. The predicted molar refractivity (Wildman–Crippen MR) is 116 cm³/mol. The molecule has 0 bridgehead atoms. The van der Waals surface area contributed by atoms with E-state index in [1.54, 1.807) is 22.9 Å². The fourth-order valence-electron chi connectivity index (χ4n) is 4.30. The molecule has 8 nitrogen and oxygen atoms in total. The van der Waals surface area contributed by atoms with E-state index in [-0.39, 0.29) is 29.5 Å². The molecular formula is C23H25N5O3. The quantitative estimate of drug-likeness (QED) is 0.632. The SMILES string of the molecule is O=C(CCn1cnc2ccccc2c1=O)N1CCC(n2nc(C3CC3)ccc2=O)CC1. The number of hydrogen-bond acceptors (Lipinski definition) is 5. The van der Waals surface area contributed by atoms with E-state index in [1.165, 1.54) is 10.9 Å². The highest BCUT2D eigenvalue weighted by Crippen LogP contribution is 2.38. The average Bonchev–Trinajstić information content (AvgIpc) is 3.65. The second-order valence-electron chi connectivity index (χ2n) is 8.44. The van der Waals surface area contributed by atoms with Crippen molar-refractivity contribution in [1.82, 2.24) is 24.2 Å². The lowest BCUT2D eigenvalue weighted by atomic mass is 10.0. The molecule has 3 heterocycles. The summed E-state index contributed by atoms with van der Waals surface area (Å²) >= 11 is 0. The van der Waals surface area contributed by atoms with Crippen LogP contribution in [0.5, 0.6) is 0 Å². The third-order valence-corrected chi connectivity index (χ3v) is 6.30. The Morgan fingerprint density at radius 2 is 1.77 bits per heavy atom. The van der Waals surface area contributed by atoms with Crippen LogP contribution in [0.15, 0.2) is 52.3 Å². The van der Waals surface area contributed by atoms with Crippen molar-refractivity contribution in [2.24, 2.45) is 0 Å². The number of rotatable bonds is 5.